The molecule has 4 nitrogen and oxygen atoms in total. The van der Waals surface area contributed by atoms with E-state index < -0.39 is 0 Å². The molecule has 1 aromatic carbocycles. The molecule has 0 radical (unpaired) electrons. The zero-order valence-electron chi connectivity index (χ0n) is 11.8. The fourth-order valence-electron chi connectivity index (χ4n) is 2.09. The van der Waals surface area contributed by atoms with Crippen molar-refractivity contribution >= 4 is 0 Å². The second kappa shape index (κ2) is 8.77. The Bertz CT molecular complexity index is 381. The second-order valence-corrected chi connectivity index (χ2v) is 4.97. The fourth-order valence-corrected chi connectivity index (χ4v) is 2.09. The average Bonchev–Trinajstić information content (AvgIpc) is 2.38. The molecule has 0 aliphatic heterocycles. The van der Waals surface area contributed by atoms with E-state index in [0.717, 1.165) is 43.6 Å². The minimum atomic E-state index is -0.0471. The molecule has 0 aromatic heterocycles. The van der Waals surface area contributed by atoms with Crippen molar-refractivity contribution in [2.75, 3.05) is 19.6 Å². The Balaban J connectivity index is 2.17. The zero-order chi connectivity index (χ0) is 14.1. The lowest BCUT2D eigenvalue weighted by molar-refractivity contribution is 0.402. The van der Waals surface area contributed by atoms with Crippen LogP contribution in [0.4, 0.5) is 0 Å². The van der Waals surface area contributed by atoms with E-state index in [1.807, 2.05) is 6.92 Å². The van der Waals surface area contributed by atoms with E-state index in [2.05, 4.69) is 5.32 Å². The Morgan fingerprint density at radius 3 is 2.42 bits per heavy atom. The SMILES string of the molecule is Cc1cc(O)c(O)cc1CCNCCCCCCN. The number of unbranched alkanes of at least 4 members (excludes halogenated alkanes) is 3. The number of benzene rings is 1. The van der Waals surface area contributed by atoms with Crippen molar-refractivity contribution in [1.82, 2.24) is 5.32 Å². The number of aryl methyl sites for hydroxylation is 1. The number of nitrogens with two attached hydrogens (primary N) is 1. The van der Waals surface area contributed by atoms with E-state index in [9.17, 15) is 10.2 Å². The fraction of sp³-hybridized carbons (Fsp3) is 0.600. The maximum Gasteiger partial charge on any atom is 0.157 e. The van der Waals surface area contributed by atoms with Crippen molar-refractivity contribution in [3.05, 3.63) is 23.3 Å². The van der Waals surface area contributed by atoms with Gasteiger partial charge in [0.15, 0.2) is 11.5 Å². The highest BCUT2D eigenvalue weighted by Crippen LogP contribution is 2.27. The highest BCUT2D eigenvalue weighted by molar-refractivity contribution is 5.45. The molecule has 0 aliphatic carbocycles. The van der Waals surface area contributed by atoms with E-state index in [1.54, 1.807) is 12.1 Å². The summed E-state index contributed by atoms with van der Waals surface area (Å²) in [4.78, 5) is 0. The first-order chi connectivity index (χ1) is 9.15. The van der Waals surface area contributed by atoms with E-state index in [4.69, 9.17) is 5.73 Å². The van der Waals surface area contributed by atoms with Crippen molar-refractivity contribution in [3.8, 4) is 11.5 Å². The highest BCUT2D eigenvalue weighted by Gasteiger charge is 2.04. The normalized spacial score (nSPS) is 10.8. The minimum absolute atomic E-state index is 0.0395. The summed E-state index contributed by atoms with van der Waals surface area (Å²) in [5, 5.41) is 22.2. The summed E-state index contributed by atoms with van der Waals surface area (Å²) in [5.41, 5.74) is 7.53. The molecule has 4 heteroatoms. The van der Waals surface area contributed by atoms with Crippen LogP contribution in [0.15, 0.2) is 12.1 Å². The lowest BCUT2D eigenvalue weighted by Crippen LogP contribution is -2.18. The third-order valence-electron chi connectivity index (χ3n) is 3.31. The number of phenols is 2. The summed E-state index contributed by atoms with van der Waals surface area (Å²) in [6, 6.07) is 3.26. The van der Waals surface area contributed by atoms with Crippen molar-refractivity contribution in [2.45, 2.75) is 39.0 Å². The summed E-state index contributed by atoms with van der Waals surface area (Å²) in [5.74, 6) is -0.0866. The Kier molecular flexibility index (Phi) is 7.30. The molecule has 5 N–H and O–H groups in total. The highest BCUT2D eigenvalue weighted by atomic mass is 16.3. The van der Waals surface area contributed by atoms with Gasteiger partial charge in [-0.2, -0.15) is 0 Å². The van der Waals surface area contributed by atoms with E-state index in [0.29, 0.717) is 0 Å². The van der Waals surface area contributed by atoms with Gasteiger partial charge in [0, 0.05) is 0 Å². The molecule has 0 amide bonds. The Morgan fingerprint density at radius 2 is 1.68 bits per heavy atom. The maximum absolute atomic E-state index is 9.47. The number of hydrogen-bond acceptors (Lipinski definition) is 4. The van der Waals surface area contributed by atoms with E-state index >= 15 is 0 Å². The lowest BCUT2D eigenvalue weighted by atomic mass is 10.0. The quantitative estimate of drug-likeness (QED) is 0.407. The minimum Gasteiger partial charge on any atom is -0.504 e. The molecule has 19 heavy (non-hydrogen) atoms. The molecule has 108 valence electrons. The Morgan fingerprint density at radius 1 is 1.00 bits per heavy atom. The standard InChI is InChI=1S/C15H26N2O2/c1-12-10-14(18)15(19)11-13(12)6-9-17-8-5-3-2-4-7-16/h10-11,17-19H,2-9,16H2,1H3. The molecule has 0 aliphatic rings. The van der Waals surface area contributed by atoms with E-state index in [1.165, 1.54) is 19.3 Å². The predicted octanol–water partition coefficient (Wildman–Crippen LogP) is 2.06. The van der Waals surface area contributed by atoms with Crippen LogP contribution in [0.5, 0.6) is 11.5 Å². The van der Waals surface area contributed by atoms with Crippen LogP contribution < -0.4 is 11.1 Å². The van der Waals surface area contributed by atoms with Crippen LogP contribution in [-0.2, 0) is 6.42 Å². The van der Waals surface area contributed by atoms with Crippen LogP contribution >= 0.6 is 0 Å². The second-order valence-electron chi connectivity index (χ2n) is 4.97. The van der Waals surface area contributed by atoms with Crippen LogP contribution in [0.2, 0.25) is 0 Å². The molecular formula is C15H26N2O2. The van der Waals surface area contributed by atoms with E-state index in [-0.39, 0.29) is 11.5 Å². The molecule has 0 unspecified atom stereocenters. The van der Waals surface area contributed by atoms with Gasteiger partial charge in [-0.25, -0.2) is 0 Å². The predicted molar refractivity (Wildman–Crippen MR) is 78.6 cm³/mol. The largest absolute Gasteiger partial charge is 0.504 e. The van der Waals surface area contributed by atoms with Crippen LogP contribution in [0.3, 0.4) is 0 Å². The maximum atomic E-state index is 9.47. The number of nitrogens with one attached hydrogen (secondary N) is 1. The summed E-state index contributed by atoms with van der Waals surface area (Å²) >= 11 is 0. The van der Waals surface area contributed by atoms with Gasteiger partial charge in [0.05, 0.1) is 0 Å². The van der Waals surface area contributed by atoms with Gasteiger partial charge < -0.3 is 21.3 Å². The third kappa shape index (κ3) is 5.94. The monoisotopic (exact) mass is 266 g/mol. The van der Waals surface area contributed by atoms with Crippen LogP contribution in [0, 0.1) is 6.92 Å². The molecule has 0 heterocycles. The van der Waals surface area contributed by atoms with Gasteiger partial charge in [-0.05, 0) is 69.1 Å². The van der Waals surface area contributed by atoms with Gasteiger partial charge >= 0.3 is 0 Å². The van der Waals surface area contributed by atoms with Gasteiger partial charge in [-0.3, -0.25) is 0 Å². The summed E-state index contributed by atoms with van der Waals surface area (Å²) < 4.78 is 0. The number of phenolic OH excluding ortho intramolecular Hbond substituents is 2. The lowest BCUT2D eigenvalue weighted by Gasteiger charge is -2.09. The molecule has 0 atom stereocenters. The summed E-state index contributed by atoms with van der Waals surface area (Å²) in [6.45, 7) is 4.65. The van der Waals surface area contributed by atoms with Crippen molar-refractivity contribution in [1.29, 1.82) is 0 Å². The summed E-state index contributed by atoms with van der Waals surface area (Å²) in [6.07, 6.45) is 5.60. The first-order valence-electron chi connectivity index (χ1n) is 7.07. The summed E-state index contributed by atoms with van der Waals surface area (Å²) in [7, 11) is 0. The first-order valence-corrected chi connectivity index (χ1v) is 7.07. The first kappa shape index (κ1) is 15.8. The third-order valence-corrected chi connectivity index (χ3v) is 3.31. The van der Waals surface area contributed by atoms with Crippen LogP contribution in [-0.4, -0.2) is 29.8 Å². The van der Waals surface area contributed by atoms with Gasteiger partial charge in [-0.1, -0.05) is 12.8 Å². The number of aromatic hydroxyl groups is 2. The van der Waals surface area contributed by atoms with Crippen LogP contribution in [0.25, 0.3) is 0 Å². The molecular weight excluding hydrogens is 240 g/mol. The zero-order valence-corrected chi connectivity index (χ0v) is 11.8. The Labute approximate surface area is 115 Å². The van der Waals surface area contributed by atoms with Crippen molar-refractivity contribution < 1.29 is 10.2 Å². The van der Waals surface area contributed by atoms with Crippen molar-refractivity contribution in [3.63, 3.8) is 0 Å². The molecule has 1 aromatic rings. The average molecular weight is 266 g/mol. The van der Waals surface area contributed by atoms with Crippen molar-refractivity contribution in [2.24, 2.45) is 5.73 Å². The molecule has 0 spiro atoms. The van der Waals surface area contributed by atoms with Gasteiger partial charge in [-0.15, -0.1) is 0 Å². The van der Waals surface area contributed by atoms with Crippen LogP contribution in [0.1, 0.15) is 36.8 Å². The molecule has 1 rings (SSSR count). The number of hydrogen-bond donors (Lipinski definition) is 4. The Hall–Kier alpha value is -1.26. The van der Waals surface area contributed by atoms with Gasteiger partial charge in [0.1, 0.15) is 0 Å². The molecule has 0 bridgehead atoms. The molecule has 0 saturated carbocycles. The molecule has 0 saturated heterocycles. The topological polar surface area (TPSA) is 78.5 Å². The van der Waals surface area contributed by atoms with Gasteiger partial charge in [0.25, 0.3) is 0 Å². The smallest absolute Gasteiger partial charge is 0.157 e. The molecule has 0 fully saturated rings. The number of rotatable bonds is 9. The van der Waals surface area contributed by atoms with Gasteiger partial charge in [0.2, 0.25) is 0 Å².